The summed E-state index contributed by atoms with van der Waals surface area (Å²) in [6.45, 7) is 0. The van der Waals surface area contributed by atoms with Crippen LogP contribution in [0.3, 0.4) is 0 Å². The lowest BCUT2D eigenvalue weighted by atomic mass is 10.1. The zero-order chi connectivity index (χ0) is 15.6. The number of carbonyl (C=O) groups is 2. The van der Waals surface area contributed by atoms with Crippen LogP contribution in [-0.2, 0) is 19.6 Å². The highest BCUT2D eigenvalue weighted by Gasteiger charge is 2.30. The number of anilines is 1. The van der Waals surface area contributed by atoms with Gasteiger partial charge in [0.1, 0.15) is 11.8 Å². The first kappa shape index (κ1) is 15.3. The molecule has 0 aliphatic carbocycles. The molecule has 1 aromatic rings. The monoisotopic (exact) mass is 313 g/mol. The molecule has 21 heavy (non-hydrogen) atoms. The fraction of sp³-hybridized carbons (Fsp3) is 0.333. The minimum absolute atomic E-state index is 0.0782. The zero-order valence-electron chi connectivity index (χ0n) is 11.3. The first-order valence-corrected chi connectivity index (χ1v) is 7.61. The molecule has 1 heterocycles. The van der Waals surface area contributed by atoms with Gasteiger partial charge in [0.05, 0.1) is 17.7 Å². The number of carbonyl (C=O) groups excluding carboxylic acids is 2. The SMILES string of the molecule is COc1ccc(S(=O)(=O)NC2CCC(=O)NC2=O)cc1N. The second kappa shape index (κ2) is 5.70. The van der Waals surface area contributed by atoms with E-state index >= 15 is 0 Å². The van der Waals surface area contributed by atoms with E-state index in [2.05, 4.69) is 10.0 Å². The molecular weight excluding hydrogens is 298 g/mol. The first-order chi connectivity index (χ1) is 9.83. The third kappa shape index (κ3) is 3.31. The summed E-state index contributed by atoms with van der Waals surface area (Å²) in [5.41, 5.74) is 5.84. The summed E-state index contributed by atoms with van der Waals surface area (Å²) in [4.78, 5) is 22.5. The lowest BCUT2D eigenvalue weighted by molar-refractivity contribution is -0.134. The third-order valence-electron chi connectivity index (χ3n) is 3.05. The van der Waals surface area contributed by atoms with Crippen molar-refractivity contribution in [3.05, 3.63) is 18.2 Å². The number of hydrogen-bond acceptors (Lipinski definition) is 6. The highest BCUT2D eigenvalue weighted by atomic mass is 32.2. The molecule has 1 fully saturated rings. The van der Waals surface area contributed by atoms with Crippen LogP contribution in [0.15, 0.2) is 23.1 Å². The summed E-state index contributed by atoms with van der Waals surface area (Å²) in [6, 6.07) is 3.01. The van der Waals surface area contributed by atoms with Crippen LogP contribution in [0, 0.1) is 0 Å². The molecule has 1 aliphatic rings. The third-order valence-corrected chi connectivity index (χ3v) is 4.52. The summed E-state index contributed by atoms with van der Waals surface area (Å²) in [7, 11) is -2.50. The van der Waals surface area contributed by atoms with Crippen molar-refractivity contribution in [2.45, 2.75) is 23.8 Å². The molecule has 8 nitrogen and oxygen atoms in total. The van der Waals surface area contributed by atoms with Crippen molar-refractivity contribution in [2.24, 2.45) is 0 Å². The number of ether oxygens (including phenoxy) is 1. The smallest absolute Gasteiger partial charge is 0.244 e. The van der Waals surface area contributed by atoms with Gasteiger partial charge < -0.3 is 10.5 Å². The molecule has 1 saturated heterocycles. The van der Waals surface area contributed by atoms with Crippen LogP contribution in [0.2, 0.25) is 0 Å². The lowest BCUT2D eigenvalue weighted by Crippen LogP contribution is -2.52. The van der Waals surface area contributed by atoms with Gasteiger partial charge in [-0.05, 0) is 24.6 Å². The number of sulfonamides is 1. The fourth-order valence-corrected chi connectivity index (χ4v) is 3.21. The van der Waals surface area contributed by atoms with Crippen molar-refractivity contribution >= 4 is 27.5 Å². The molecule has 0 radical (unpaired) electrons. The molecule has 1 aromatic carbocycles. The van der Waals surface area contributed by atoms with Gasteiger partial charge in [-0.1, -0.05) is 0 Å². The molecule has 0 spiro atoms. The van der Waals surface area contributed by atoms with E-state index in [1.54, 1.807) is 0 Å². The fourth-order valence-electron chi connectivity index (χ4n) is 1.94. The normalized spacial score (nSPS) is 19.2. The molecule has 9 heteroatoms. The van der Waals surface area contributed by atoms with Gasteiger partial charge in [0, 0.05) is 6.42 Å². The predicted molar refractivity (Wildman–Crippen MR) is 73.9 cm³/mol. The predicted octanol–water partition coefficient (Wildman–Crippen LogP) is -0.639. The van der Waals surface area contributed by atoms with Crippen LogP contribution in [0.25, 0.3) is 0 Å². The van der Waals surface area contributed by atoms with Crippen LogP contribution in [0.4, 0.5) is 5.69 Å². The number of methoxy groups -OCH3 is 1. The van der Waals surface area contributed by atoms with E-state index in [9.17, 15) is 18.0 Å². The molecule has 2 rings (SSSR count). The Morgan fingerprint density at radius 2 is 2.10 bits per heavy atom. The average molecular weight is 313 g/mol. The van der Waals surface area contributed by atoms with Gasteiger partial charge in [0.25, 0.3) is 0 Å². The van der Waals surface area contributed by atoms with E-state index in [1.807, 2.05) is 0 Å². The maximum Gasteiger partial charge on any atom is 0.244 e. The van der Waals surface area contributed by atoms with E-state index in [0.29, 0.717) is 5.75 Å². The summed E-state index contributed by atoms with van der Waals surface area (Å²) >= 11 is 0. The lowest BCUT2D eigenvalue weighted by Gasteiger charge is -2.21. The van der Waals surface area contributed by atoms with Gasteiger partial charge in [0.2, 0.25) is 21.8 Å². The first-order valence-electron chi connectivity index (χ1n) is 6.13. The Kier molecular flexibility index (Phi) is 4.14. The second-order valence-corrected chi connectivity index (χ2v) is 6.24. The van der Waals surface area contributed by atoms with Crippen molar-refractivity contribution in [1.29, 1.82) is 0 Å². The summed E-state index contributed by atoms with van der Waals surface area (Å²) in [5, 5.41) is 2.08. The number of nitrogen functional groups attached to an aromatic ring is 1. The average Bonchev–Trinajstić information content (AvgIpc) is 2.42. The van der Waals surface area contributed by atoms with E-state index in [1.165, 1.54) is 25.3 Å². The number of nitrogens with two attached hydrogens (primary N) is 1. The van der Waals surface area contributed by atoms with Gasteiger partial charge in [0.15, 0.2) is 0 Å². The zero-order valence-corrected chi connectivity index (χ0v) is 12.1. The van der Waals surface area contributed by atoms with Gasteiger partial charge in [-0.2, -0.15) is 4.72 Å². The maximum absolute atomic E-state index is 12.2. The topological polar surface area (TPSA) is 128 Å². The van der Waals surface area contributed by atoms with Crippen LogP contribution < -0.4 is 20.5 Å². The number of nitrogens with one attached hydrogen (secondary N) is 2. The minimum Gasteiger partial charge on any atom is -0.495 e. The van der Waals surface area contributed by atoms with Crippen molar-refractivity contribution in [3.8, 4) is 5.75 Å². The summed E-state index contributed by atoms with van der Waals surface area (Å²) < 4.78 is 31.6. The van der Waals surface area contributed by atoms with E-state index in [0.717, 1.165) is 0 Å². The van der Waals surface area contributed by atoms with Crippen LogP contribution in [-0.4, -0.2) is 33.4 Å². The summed E-state index contributed by atoms with van der Waals surface area (Å²) in [6.07, 6.45) is 0.208. The highest BCUT2D eigenvalue weighted by Crippen LogP contribution is 2.24. The van der Waals surface area contributed by atoms with Gasteiger partial charge in [-0.25, -0.2) is 8.42 Å². The van der Waals surface area contributed by atoms with E-state index in [4.69, 9.17) is 10.5 Å². The summed E-state index contributed by atoms with van der Waals surface area (Å²) in [5.74, 6) is -0.713. The minimum atomic E-state index is -3.92. The van der Waals surface area contributed by atoms with Crippen LogP contribution in [0.5, 0.6) is 5.75 Å². The molecule has 0 bridgehead atoms. The van der Waals surface area contributed by atoms with Crippen molar-refractivity contribution in [1.82, 2.24) is 10.0 Å². The molecule has 0 saturated carbocycles. The van der Waals surface area contributed by atoms with Gasteiger partial charge in [-0.15, -0.1) is 0 Å². The van der Waals surface area contributed by atoms with Gasteiger partial charge >= 0.3 is 0 Å². The Labute approximate surface area is 121 Å². The molecular formula is C12H15N3O5S. The van der Waals surface area contributed by atoms with Crippen molar-refractivity contribution in [3.63, 3.8) is 0 Å². The van der Waals surface area contributed by atoms with E-state index in [-0.39, 0.29) is 23.4 Å². The number of amides is 2. The maximum atomic E-state index is 12.2. The van der Waals surface area contributed by atoms with Crippen molar-refractivity contribution < 1.29 is 22.7 Å². The Bertz CT molecular complexity index is 686. The van der Waals surface area contributed by atoms with Crippen molar-refractivity contribution in [2.75, 3.05) is 12.8 Å². The number of rotatable bonds is 4. The second-order valence-electron chi connectivity index (χ2n) is 4.53. The molecule has 1 unspecified atom stereocenters. The molecule has 0 aromatic heterocycles. The molecule has 1 atom stereocenters. The Balaban J connectivity index is 2.20. The quantitative estimate of drug-likeness (QED) is 0.501. The van der Waals surface area contributed by atoms with Crippen LogP contribution in [0.1, 0.15) is 12.8 Å². The number of hydrogen-bond donors (Lipinski definition) is 3. The van der Waals surface area contributed by atoms with Crippen LogP contribution >= 0.6 is 0 Å². The van der Waals surface area contributed by atoms with Gasteiger partial charge in [-0.3, -0.25) is 14.9 Å². The molecule has 1 aliphatic heterocycles. The molecule has 114 valence electrons. The highest BCUT2D eigenvalue weighted by molar-refractivity contribution is 7.89. The standard InChI is InChI=1S/C12H15N3O5S/c1-20-10-4-2-7(6-8(10)13)21(18,19)15-9-3-5-11(16)14-12(9)17/h2,4,6,9,15H,3,5,13H2,1H3,(H,14,16,17). The Morgan fingerprint density at radius 1 is 1.38 bits per heavy atom. The number of benzene rings is 1. The molecule has 2 amide bonds. The largest absolute Gasteiger partial charge is 0.495 e. The Hall–Kier alpha value is -2.13. The Morgan fingerprint density at radius 3 is 2.67 bits per heavy atom. The molecule has 4 N–H and O–H groups in total. The number of imide groups is 1. The number of piperidine rings is 1. The van der Waals surface area contributed by atoms with E-state index < -0.39 is 27.9 Å².